The van der Waals surface area contributed by atoms with Crippen LogP contribution in [-0.4, -0.2) is 78.5 Å². The van der Waals surface area contributed by atoms with Gasteiger partial charge in [0.05, 0.1) is 0 Å². The van der Waals surface area contributed by atoms with E-state index in [1.54, 1.807) is 0 Å². The van der Waals surface area contributed by atoms with Gasteiger partial charge in [-0.1, -0.05) is 24.3 Å². The molecule has 3 saturated carbocycles. The average molecular weight is 539 g/mol. The summed E-state index contributed by atoms with van der Waals surface area (Å²) in [4.78, 5) is 24.3. The van der Waals surface area contributed by atoms with E-state index in [0.29, 0.717) is 36.3 Å². The fraction of sp³-hybridized carbons (Fsp3) is 0.593. The van der Waals surface area contributed by atoms with Gasteiger partial charge in [-0.3, -0.25) is 5.10 Å². The zero-order valence-corrected chi connectivity index (χ0v) is 21.3. The number of urea groups is 1. The maximum atomic E-state index is 13.4. The first-order chi connectivity index (χ1) is 18.7. The number of rotatable bonds is 5. The molecule has 2 N–H and O–H groups in total. The zero-order valence-electron chi connectivity index (χ0n) is 21.3. The number of halogens is 3. The Balaban J connectivity index is 0.826. The number of alkyl halides is 3. The highest BCUT2D eigenvalue weighted by molar-refractivity contribution is 5.77. The minimum Gasteiger partial charge on any atom is -0.324 e. The molecule has 2 saturated heterocycles. The number of benzene rings is 1. The van der Waals surface area contributed by atoms with Crippen LogP contribution >= 0.6 is 0 Å². The van der Waals surface area contributed by atoms with Crippen molar-refractivity contribution in [2.45, 2.75) is 67.9 Å². The SMILES string of the molecule is O=C(N1CC(c2ccc(-c3nnc(C4(C(F)(F)F)CC4)[nH]3)cc2)C1)N1CC2(CC(c3nc(C4CC4)n[nH]3)C2)C1. The first-order valence-corrected chi connectivity index (χ1v) is 13.8. The molecule has 5 aliphatic rings. The van der Waals surface area contributed by atoms with E-state index in [1.165, 1.54) is 12.8 Å². The van der Waals surface area contributed by atoms with Crippen molar-refractivity contribution in [2.75, 3.05) is 26.2 Å². The molecule has 0 bridgehead atoms. The maximum Gasteiger partial charge on any atom is 0.401 e. The molecular formula is C27H29F3N8O. The van der Waals surface area contributed by atoms with Crippen molar-refractivity contribution < 1.29 is 18.0 Å². The van der Waals surface area contributed by atoms with E-state index in [-0.39, 0.29) is 36.0 Å². The van der Waals surface area contributed by atoms with Crippen molar-refractivity contribution in [1.82, 2.24) is 40.2 Å². The number of H-pyrrole nitrogens is 2. The molecule has 8 rings (SSSR count). The number of aromatic amines is 2. The molecule has 1 spiro atoms. The topological polar surface area (TPSA) is 107 Å². The third-order valence-corrected chi connectivity index (χ3v) is 9.57. The second-order valence-electron chi connectivity index (χ2n) is 12.4. The summed E-state index contributed by atoms with van der Waals surface area (Å²) >= 11 is 0. The molecule has 0 unspecified atom stereocenters. The fourth-order valence-corrected chi connectivity index (χ4v) is 6.68. The van der Waals surface area contributed by atoms with Crippen LogP contribution in [0, 0.1) is 5.41 Å². The van der Waals surface area contributed by atoms with Crippen LogP contribution in [0.3, 0.4) is 0 Å². The smallest absolute Gasteiger partial charge is 0.324 e. The molecule has 2 amide bonds. The third kappa shape index (κ3) is 3.70. The standard InChI is InChI=1S/C27H29F3N8O/c28-27(29,30)26(7-8-26)23-32-21(35-36-23)17-3-1-15(2-4-17)19-11-37(12-19)24(39)38-13-25(14-38)9-18(10-25)22-31-20(33-34-22)16-5-6-16/h1-4,16,18-19H,5-14H2,(H,31,33,34)(H,32,35,36). The van der Waals surface area contributed by atoms with Gasteiger partial charge in [-0.15, -0.1) is 10.2 Å². The molecule has 0 atom stereocenters. The second kappa shape index (κ2) is 7.82. The Morgan fingerprint density at radius 2 is 1.67 bits per heavy atom. The average Bonchev–Trinajstić information content (AvgIpc) is 3.75. The van der Waals surface area contributed by atoms with Crippen LogP contribution in [0.1, 0.15) is 79.3 Å². The Labute approximate surface area is 222 Å². The number of nitrogens with one attached hydrogen (secondary N) is 2. The Morgan fingerprint density at radius 1 is 0.949 bits per heavy atom. The van der Waals surface area contributed by atoms with Crippen LogP contribution in [-0.2, 0) is 5.41 Å². The van der Waals surface area contributed by atoms with Gasteiger partial charge in [0.25, 0.3) is 0 Å². The molecule has 204 valence electrons. The van der Waals surface area contributed by atoms with Gasteiger partial charge in [-0.05, 0) is 44.1 Å². The normalized spacial score (nSPS) is 23.9. The van der Waals surface area contributed by atoms with Crippen LogP contribution < -0.4 is 0 Å². The second-order valence-corrected chi connectivity index (χ2v) is 12.4. The highest BCUT2D eigenvalue weighted by Crippen LogP contribution is 2.58. The van der Waals surface area contributed by atoms with E-state index in [1.807, 2.05) is 34.1 Å². The van der Waals surface area contributed by atoms with Gasteiger partial charge in [0.1, 0.15) is 17.1 Å². The van der Waals surface area contributed by atoms with E-state index < -0.39 is 11.6 Å². The highest BCUT2D eigenvalue weighted by atomic mass is 19.4. The van der Waals surface area contributed by atoms with Crippen LogP contribution in [0.5, 0.6) is 0 Å². The molecule has 4 heterocycles. The largest absolute Gasteiger partial charge is 0.401 e. The molecule has 3 aliphatic carbocycles. The van der Waals surface area contributed by atoms with Crippen molar-refractivity contribution in [3.05, 3.63) is 47.3 Å². The molecule has 9 nitrogen and oxygen atoms in total. The van der Waals surface area contributed by atoms with Crippen molar-refractivity contribution in [3.8, 4) is 11.4 Å². The quantitative estimate of drug-likeness (QED) is 0.499. The minimum absolute atomic E-state index is 0.0453. The molecule has 3 aromatic rings. The van der Waals surface area contributed by atoms with Gasteiger partial charge in [0.15, 0.2) is 11.6 Å². The molecule has 2 aromatic heterocycles. The van der Waals surface area contributed by atoms with E-state index in [2.05, 4.69) is 25.4 Å². The van der Waals surface area contributed by atoms with Crippen LogP contribution in [0.25, 0.3) is 11.4 Å². The van der Waals surface area contributed by atoms with Gasteiger partial charge >= 0.3 is 12.2 Å². The Bertz CT molecular complexity index is 1420. The van der Waals surface area contributed by atoms with E-state index in [9.17, 15) is 18.0 Å². The lowest BCUT2D eigenvalue weighted by atomic mass is 9.57. The molecule has 2 aliphatic heterocycles. The van der Waals surface area contributed by atoms with Gasteiger partial charge in [-0.25, -0.2) is 9.78 Å². The minimum atomic E-state index is -4.32. The maximum absolute atomic E-state index is 13.4. The summed E-state index contributed by atoms with van der Waals surface area (Å²) in [5.74, 6) is 3.47. The Morgan fingerprint density at radius 3 is 2.31 bits per heavy atom. The van der Waals surface area contributed by atoms with E-state index in [0.717, 1.165) is 43.1 Å². The van der Waals surface area contributed by atoms with Gasteiger partial charge < -0.3 is 14.8 Å². The molecule has 0 radical (unpaired) electrons. The predicted molar refractivity (Wildman–Crippen MR) is 133 cm³/mol. The molecule has 1 aromatic carbocycles. The lowest BCUT2D eigenvalue weighted by Gasteiger charge is -2.59. The zero-order chi connectivity index (χ0) is 26.6. The van der Waals surface area contributed by atoms with E-state index >= 15 is 0 Å². The number of hydrogen-bond donors (Lipinski definition) is 2. The van der Waals surface area contributed by atoms with Gasteiger partial charge in [-0.2, -0.15) is 18.3 Å². The number of hydrogen-bond acceptors (Lipinski definition) is 5. The number of carbonyl (C=O) groups excluding carboxylic acids is 1. The lowest BCUT2D eigenvalue weighted by Crippen LogP contribution is -2.67. The van der Waals surface area contributed by atoms with Crippen molar-refractivity contribution >= 4 is 6.03 Å². The fourth-order valence-electron chi connectivity index (χ4n) is 6.68. The molecular weight excluding hydrogens is 509 g/mol. The predicted octanol–water partition coefficient (Wildman–Crippen LogP) is 4.46. The van der Waals surface area contributed by atoms with Crippen molar-refractivity contribution in [3.63, 3.8) is 0 Å². The number of aromatic nitrogens is 6. The van der Waals surface area contributed by atoms with Gasteiger partial charge in [0.2, 0.25) is 0 Å². The van der Waals surface area contributed by atoms with E-state index in [4.69, 9.17) is 4.98 Å². The summed E-state index contributed by atoms with van der Waals surface area (Å²) < 4.78 is 40.2. The molecule has 39 heavy (non-hydrogen) atoms. The van der Waals surface area contributed by atoms with Crippen molar-refractivity contribution in [2.24, 2.45) is 5.41 Å². The number of likely N-dealkylation sites (tertiary alicyclic amines) is 2. The third-order valence-electron chi connectivity index (χ3n) is 9.57. The highest BCUT2D eigenvalue weighted by Gasteiger charge is 2.66. The lowest BCUT2D eigenvalue weighted by molar-refractivity contribution is -0.162. The first kappa shape index (κ1) is 23.4. The van der Waals surface area contributed by atoms with Crippen LogP contribution in [0.2, 0.25) is 0 Å². The number of carbonyl (C=O) groups is 1. The van der Waals surface area contributed by atoms with Crippen LogP contribution in [0.15, 0.2) is 24.3 Å². The first-order valence-electron chi connectivity index (χ1n) is 13.8. The van der Waals surface area contributed by atoms with Crippen molar-refractivity contribution in [1.29, 1.82) is 0 Å². The monoisotopic (exact) mass is 538 g/mol. The van der Waals surface area contributed by atoms with Gasteiger partial charge in [0, 0.05) is 54.9 Å². The van der Waals surface area contributed by atoms with Crippen LogP contribution in [0.4, 0.5) is 18.0 Å². The summed E-state index contributed by atoms with van der Waals surface area (Å²) in [5, 5.41) is 15.3. The number of nitrogens with zero attached hydrogens (tertiary/aromatic N) is 6. The summed E-state index contributed by atoms with van der Waals surface area (Å²) in [6, 6.07) is 7.75. The summed E-state index contributed by atoms with van der Waals surface area (Å²) in [6.07, 6.45) is 0.292. The summed E-state index contributed by atoms with van der Waals surface area (Å²) in [7, 11) is 0. The molecule has 12 heteroatoms. The number of amides is 2. The Kier molecular flexibility index (Phi) is 4.70. The summed E-state index contributed by atoms with van der Waals surface area (Å²) in [5.41, 5.74) is 0.178. The Hall–Kier alpha value is -3.44. The summed E-state index contributed by atoms with van der Waals surface area (Å²) in [6.45, 7) is 2.98. The molecule has 5 fully saturated rings.